The molecule has 0 atom stereocenters. The fourth-order valence-corrected chi connectivity index (χ4v) is 3.59. The number of anilines is 2. The van der Waals surface area contributed by atoms with Crippen LogP contribution in [-0.2, 0) is 6.54 Å². The van der Waals surface area contributed by atoms with Gasteiger partial charge in [0.05, 0.1) is 5.69 Å². The summed E-state index contributed by atoms with van der Waals surface area (Å²) in [6, 6.07) is 5.10. The second kappa shape index (κ2) is 10.2. The van der Waals surface area contributed by atoms with Crippen LogP contribution in [0.3, 0.4) is 0 Å². The molecule has 7 heteroatoms. The molecule has 0 unspecified atom stereocenters. The molecule has 0 aliphatic carbocycles. The molecular weight excluding hydrogens is 360 g/mol. The van der Waals surface area contributed by atoms with Crippen LogP contribution in [-0.4, -0.2) is 35.8 Å². The fraction of sp³-hybridized carbons (Fsp3) is 0.450. The van der Waals surface area contributed by atoms with Crippen LogP contribution in [0.5, 0.6) is 0 Å². The molecule has 0 saturated heterocycles. The zero-order valence-corrected chi connectivity index (χ0v) is 17.3. The minimum Gasteiger partial charge on any atom is -0.307 e. The molecule has 2 amide bonds. The number of aromatic nitrogens is 1. The molecule has 0 spiro atoms. The van der Waals surface area contributed by atoms with Gasteiger partial charge in [-0.05, 0) is 39.6 Å². The summed E-state index contributed by atoms with van der Waals surface area (Å²) in [6.07, 6.45) is 5.21. The highest BCUT2D eigenvalue weighted by atomic mass is 32.1. The smallest absolute Gasteiger partial charge is 0.307 e. The molecule has 2 aromatic rings. The molecule has 6 nitrogen and oxygen atoms in total. The van der Waals surface area contributed by atoms with Gasteiger partial charge in [-0.3, -0.25) is 10.1 Å². The van der Waals surface area contributed by atoms with Gasteiger partial charge in [0.15, 0.2) is 10.9 Å². The third-order valence-corrected chi connectivity index (χ3v) is 4.87. The first kappa shape index (κ1) is 21.1. The normalized spacial score (nSPS) is 10.9. The van der Waals surface area contributed by atoms with E-state index in [-0.39, 0.29) is 5.78 Å². The molecule has 1 aromatic heterocycles. The number of nitrogens with zero attached hydrogens (tertiary/aromatic N) is 2. The molecule has 146 valence electrons. The van der Waals surface area contributed by atoms with Crippen molar-refractivity contribution in [3.05, 3.63) is 40.4 Å². The fourth-order valence-electron chi connectivity index (χ4n) is 2.67. The maximum absolute atomic E-state index is 12.6. The molecule has 0 fully saturated rings. The summed E-state index contributed by atoms with van der Waals surface area (Å²) in [7, 11) is 3.96. The summed E-state index contributed by atoms with van der Waals surface area (Å²) in [4.78, 5) is 32.2. The van der Waals surface area contributed by atoms with E-state index in [1.165, 1.54) is 11.3 Å². The van der Waals surface area contributed by atoms with E-state index in [0.29, 0.717) is 22.8 Å². The van der Waals surface area contributed by atoms with Crippen LogP contribution in [0.4, 0.5) is 15.6 Å². The molecule has 2 N–H and O–H groups in total. The number of carbonyl (C=O) groups excluding carboxylic acids is 2. The Morgan fingerprint density at radius 2 is 1.96 bits per heavy atom. The first-order chi connectivity index (χ1) is 12.9. The van der Waals surface area contributed by atoms with Gasteiger partial charge in [-0.25, -0.2) is 9.78 Å². The molecular formula is C20H28N4O2S. The summed E-state index contributed by atoms with van der Waals surface area (Å²) in [5.74, 6) is 0.0602. The van der Waals surface area contributed by atoms with Crippen molar-refractivity contribution in [1.29, 1.82) is 0 Å². The van der Waals surface area contributed by atoms with E-state index < -0.39 is 6.03 Å². The van der Waals surface area contributed by atoms with Crippen LogP contribution in [0.25, 0.3) is 0 Å². The molecule has 0 aliphatic rings. The SMILES string of the molecule is CCCCCC(=O)c1cc(C)ccc1NC(=O)Nc1ncc(CN(C)C)s1. The largest absolute Gasteiger partial charge is 0.325 e. The molecule has 0 aliphatic heterocycles. The highest BCUT2D eigenvalue weighted by Gasteiger charge is 2.14. The van der Waals surface area contributed by atoms with Gasteiger partial charge >= 0.3 is 6.03 Å². The van der Waals surface area contributed by atoms with Crippen molar-refractivity contribution in [2.45, 2.75) is 46.1 Å². The van der Waals surface area contributed by atoms with Gasteiger partial charge in [-0.15, -0.1) is 11.3 Å². The average molecular weight is 389 g/mol. The maximum Gasteiger partial charge on any atom is 0.325 e. The van der Waals surface area contributed by atoms with Crippen molar-refractivity contribution >= 4 is 34.0 Å². The molecule has 1 heterocycles. The van der Waals surface area contributed by atoms with Crippen molar-refractivity contribution in [3.63, 3.8) is 0 Å². The number of Topliss-reactive ketones (excluding diaryl/α,β-unsaturated/α-hetero) is 1. The zero-order valence-electron chi connectivity index (χ0n) is 16.5. The summed E-state index contributed by atoms with van der Waals surface area (Å²) in [6.45, 7) is 4.82. The first-order valence-corrected chi connectivity index (χ1v) is 10.0. The van der Waals surface area contributed by atoms with Gasteiger partial charge in [-0.1, -0.05) is 31.4 Å². The molecule has 2 rings (SSSR count). The second-order valence-electron chi connectivity index (χ2n) is 6.88. The summed E-state index contributed by atoms with van der Waals surface area (Å²) in [5.41, 5.74) is 2.09. The Balaban J connectivity index is 2.04. The average Bonchev–Trinajstić information content (AvgIpc) is 3.02. The number of hydrogen-bond donors (Lipinski definition) is 2. The predicted octanol–water partition coefficient (Wildman–Crippen LogP) is 4.92. The molecule has 0 bridgehead atoms. The summed E-state index contributed by atoms with van der Waals surface area (Å²) < 4.78 is 0. The Labute approximate surface area is 165 Å². The van der Waals surface area contributed by atoms with E-state index in [2.05, 4.69) is 22.5 Å². The van der Waals surface area contributed by atoms with Gasteiger partial charge in [0.25, 0.3) is 0 Å². The van der Waals surface area contributed by atoms with Crippen molar-refractivity contribution in [2.24, 2.45) is 0 Å². The van der Waals surface area contributed by atoms with Crippen molar-refractivity contribution < 1.29 is 9.59 Å². The maximum atomic E-state index is 12.6. The number of aryl methyl sites for hydroxylation is 1. The van der Waals surface area contributed by atoms with E-state index in [1.54, 1.807) is 12.3 Å². The summed E-state index contributed by atoms with van der Waals surface area (Å²) >= 11 is 1.43. The molecule has 0 saturated carbocycles. The van der Waals surface area contributed by atoms with Gasteiger partial charge in [0.2, 0.25) is 0 Å². The van der Waals surface area contributed by atoms with E-state index >= 15 is 0 Å². The van der Waals surface area contributed by atoms with Crippen molar-refractivity contribution in [3.8, 4) is 0 Å². The highest BCUT2D eigenvalue weighted by molar-refractivity contribution is 7.15. The number of rotatable bonds is 9. The topological polar surface area (TPSA) is 74.3 Å². The lowest BCUT2D eigenvalue weighted by Crippen LogP contribution is -2.21. The van der Waals surface area contributed by atoms with Crippen molar-refractivity contribution in [1.82, 2.24) is 9.88 Å². The van der Waals surface area contributed by atoms with Crippen molar-refractivity contribution in [2.75, 3.05) is 24.7 Å². The van der Waals surface area contributed by atoms with E-state index in [1.807, 2.05) is 38.1 Å². The Kier molecular flexibility index (Phi) is 7.94. The number of ketones is 1. The van der Waals surface area contributed by atoms with Crippen LogP contribution in [0.15, 0.2) is 24.4 Å². The van der Waals surface area contributed by atoms with Gasteiger partial charge in [0.1, 0.15) is 0 Å². The number of hydrogen-bond acceptors (Lipinski definition) is 5. The minimum absolute atomic E-state index is 0.0602. The van der Waals surface area contributed by atoms with Crippen LogP contribution in [0, 0.1) is 6.92 Å². The van der Waals surface area contributed by atoms with Gasteiger partial charge in [-0.2, -0.15) is 0 Å². The zero-order chi connectivity index (χ0) is 19.8. The summed E-state index contributed by atoms with van der Waals surface area (Å²) in [5, 5.41) is 6.07. The molecule has 1 aromatic carbocycles. The second-order valence-corrected chi connectivity index (χ2v) is 7.99. The molecule has 27 heavy (non-hydrogen) atoms. The van der Waals surface area contributed by atoms with E-state index in [9.17, 15) is 9.59 Å². The number of unbranched alkanes of at least 4 members (excludes halogenated alkanes) is 2. The first-order valence-electron chi connectivity index (χ1n) is 9.20. The highest BCUT2D eigenvalue weighted by Crippen LogP contribution is 2.22. The predicted molar refractivity (Wildman–Crippen MR) is 112 cm³/mol. The number of urea groups is 1. The lowest BCUT2D eigenvalue weighted by molar-refractivity contribution is 0.0980. The van der Waals surface area contributed by atoms with Crippen LogP contribution in [0.2, 0.25) is 0 Å². The lowest BCUT2D eigenvalue weighted by Gasteiger charge is -2.11. The van der Waals surface area contributed by atoms with Crippen LogP contribution in [0.1, 0.15) is 53.4 Å². The Morgan fingerprint density at radius 3 is 2.67 bits per heavy atom. The number of nitrogens with one attached hydrogen (secondary N) is 2. The number of carbonyl (C=O) groups is 2. The van der Waals surface area contributed by atoms with E-state index in [0.717, 1.165) is 36.2 Å². The van der Waals surface area contributed by atoms with Crippen LogP contribution < -0.4 is 10.6 Å². The third-order valence-electron chi connectivity index (χ3n) is 3.98. The number of amides is 2. The standard InChI is InChI=1S/C20H28N4O2S/c1-5-6-7-8-18(25)16-11-14(2)9-10-17(16)22-19(26)23-20-21-12-15(27-20)13-24(3)4/h9-12H,5-8,13H2,1-4H3,(H2,21,22,23,26). The number of thiazole rings is 1. The van der Waals surface area contributed by atoms with E-state index in [4.69, 9.17) is 0 Å². The Hall–Kier alpha value is -2.25. The van der Waals surface area contributed by atoms with Gasteiger partial charge in [0, 0.05) is 29.6 Å². The van der Waals surface area contributed by atoms with Crippen LogP contribution >= 0.6 is 11.3 Å². The minimum atomic E-state index is -0.396. The third kappa shape index (κ3) is 6.77. The lowest BCUT2D eigenvalue weighted by atomic mass is 10.0. The Morgan fingerprint density at radius 1 is 1.19 bits per heavy atom. The molecule has 0 radical (unpaired) electrons. The monoisotopic (exact) mass is 388 g/mol. The number of benzene rings is 1. The quantitative estimate of drug-likeness (QED) is 0.472. The Bertz CT molecular complexity index is 786. The van der Waals surface area contributed by atoms with Gasteiger partial charge < -0.3 is 10.2 Å².